The normalized spacial score (nSPS) is 10.2. The second kappa shape index (κ2) is 8.21. The largest absolute Gasteiger partial charge is 0.497 e. The zero-order chi connectivity index (χ0) is 18.4. The van der Waals surface area contributed by atoms with E-state index in [0.717, 1.165) is 17.7 Å². The van der Waals surface area contributed by atoms with Crippen LogP contribution in [0.25, 0.3) is 0 Å². The molecule has 4 nitrogen and oxygen atoms in total. The summed E-state index contributed by atoms with van der Waals surface area (Å²) in [7, 11) is 3.11. The summed E-state index contributed by atoms with van der Waals surface area (Å²) in [6, 6.07) is 23.1. The SMILES string of the molecule is COc1ccc(OC)c(C(=O)Nc2ccccc2Cc2ccccc2)c1. The van der Waals surface area contributed by atoms with E-state index in [1.807, 2.05) is 42.5 Å². The standard InChI is InChI=1S/C22H21NO3/c1-25-18-12-13-21(26-2)19(15-18)22(24)23-20-11-7-6-10-17(20)14-16-8-4-3-5-9-16/h3-13,15H,14H2,1-2H3,(H,23,24). The molecule has 0 heterocycles. The molecule has 0 aromatic heterocycles. The zero-order valence-corrected chi connectivity index (χ0v) is 14.9. The van der Waals surface area contributed by atoms with Crippen molar-refractivity contribution in [2.24, 2.45) is 0 Å². The number of carbonyl (C=O) groups excluding carboxylic acids is 1. The predicted molar refractivity (Wildman–Crippen MR) is 103 cm³/mol. The van der Waals surface area contributed by atoms with Crippen LogP contribution in [0, 0.1) is 0 Å². The Labute approximate surface area is 153 Å². The van der Waals surface area contributed by atoms with Gasteiger partial charge in [0.15, 0.2) is 0 Å². The molecule has 3 aromatic rings. The second-order valence-corrected chi connectivity index (χ2v) is 5.84. The van der Waals surface area contributed by atoms with Gasteiger partial charge in [0.1, 0.15) is 11.5 Å². The number of nitrogens with one attached hydrogen (secondary N) is 1. The van der Waals surface area contributed by atoms with E-state index in [-0.39, 0.29) is 5.91 Å². The lowest BCUT2D eigenvalue weighted by molar-refractivity contribution is 0.102. The highest BCUT2D eigenvalue weighted by Crippen LogP contribution is 2.26. The van der Waals surface area contributed by atoms with Gasteiger partial charge >= 0.3 is 0 Å². The van der Waals surface area contributed by atoms with Crippen molar-refractivity contribution in [3.8, 4) is 11.5 Å². The van der Waals surface area contributed by atoms with E-state index in [1.54, 1.807) is 32.4 Å². The van der Waals surface area contributed by atoms with Crippen LogP contribution in [0.5, 0.6) is 11.5 Å². The number of amides is 1. The molecule has 0 saturated carbocycles. The molecule has 3 rings (SSSR count). The lowest BCUT2D eigenvalue weighted by Crippen LogP contribution is -2.14. The summed E-state index contributed by atoms with van der Waals surface area (Å²) >= 11 is 0. The van der Waals surface area contributed by atoms with E-state index in [1.165, 1.54) is 5.56 Å². The molecule has 132 valence electrons. The number of carbonyl (C=O) groups is 1. The molecule has 0 bridgehead atoms. The van der Waals surface area contributed by atoms with Crippen molar-refractivity contribution in [3.05, 3.63) is 89.5 Å². The van der Waals surface area contributed by atoms with E-state index >= 15 is 0 Å². The van der Waals surface area contributed by atoms with Gasteiger partial charge in [-0.25, -0.2) is 0 Å². The van der Waals surface area contributed by atoms with Gasteiger partial charge < -0.3 is 14.8 Å². The van der Waals surface area contributed by atoms with Crippen molar-refractivity contribution in [2.75, 3.05) is 19.5 Å². The molecule has 1 amide bonds. The first-order chi connectivity index (χ1) is 12.7. The number of para-hydroxylation sites is 1. The Hall–Kier alpha value is -3.27. The molecule has 26 heavy (non-hydrogen) atoms. The highest BCUT2D eigenvalue weighted by Gasteiger charge is 2.15. The Bertz CT molecular complexity index is 891. The topological polar surface area (TPSA) is 47.6 Å². The number of hydrogen-bond acceptors (Lipinski definition) is 3. The van der Waals surface area contributed by atoms with Crippen molar-refractivity contribution in [1.29, 1.82) is 0 Å². The summed E-state index contributed by atoms with van der Waals surface area (Å²) < 4.78 is 10.5. The molecule has 1 N–H and O–H groups in total. The number of hydrogen-bond donors (Lipinski definition) is 1. The van der Waals surface area contributed by atoms with Crippen LogP contribution in [0.2, 0.25) is 0 Å². The summed E-state index contributed by atoms with van der Waals surface area (Å²) in [5, 5.41) is 3.00. The molecule has 4 heteroatoms. The third-order valence-electron chi connectivity index (χ3n) is 4.15. The minimum Gasteiger partial charge on any atom is -0.497 e. The summed E-state index contributed by atoms with van der Waals surface area (Å²) in [6.45, 7) is 0. The molecule has 3 aromatic carbocycles. The van der Waals surface area contributed by atoms with E-state index < -0.39 is 0 Å². The van der Waals surface area contributed by atoms with Gasteiger partial charge in [-0.3, -0.25) is 4.79 Å². The maximum absolute atomic E-state index is 12.8. The molecule has 0 radical (unpaired) electrons. The number of methoxy groups -OCH3 is 2. The smallest absolute Gasteiger partial charge is 0.259 e. The Kier molecular flexibility index (Phi) is 5.54. The average Bonchev–Trinajstić information content (AvgIpc) is 2.69. The third-order valence-corrected chi connectivity index (χ3v) is 4.15. The fourth-order valence-electron chi connectivity index (χ4n) is 2.79. The van der Waals surface area contributed by atoms with Gasteiger partial charge in [-0.05, 0) is 41.8 Å². The van der Waals surface area contributed by atoms with Gasteiger partial charge in [-0.2, -0.15) is 0 Å². The van der Waals surface area contributed by atoms with Crippen LogP contribution >= 0.6 is 0 Å². The van der Waals surface area contributed by atoms with Crippen molar-refractivity contribution in [2.45, 2.75) is 6.42 Å². The maximum atomic E-state index is 12.8. The average molecular weight is 347 g/mol. The molecule has 0 unspecified atom stereocenters. The Balaban J connectivity index is 1.86. The fraction of sp³-hybridized carbons (Fsp3) is 0.136. The first kappa shape index (κ1) is 17.5. The predicted octanol–water partition coefficient (Wildman–Crippen LogP) is 4.55. The highest BCUT2D eigenvalue weighted by atomic mass is 16.5. The van der Waals surface area contributed by atoms with Crippen LogP contribution in [-0.4, -0.2) is 20.1 Å². The van der Waals surface area contributed by atoms with Crippen LogP contribution in [0.3, 0.4) is 0 Å². The van der Waals surface area contributed by atoms with E-state index in [9.17, 15) is 4.79 Å². The number of rotatable bonds is 6. The lowest BCUT2D eigenvalue weighted by Gasteiger charge is -2.14. The minimum atomic E-state index is -0.235. The molecule has 0 aliphatic rings. The number of benzene rings is 3. The third kappa shape index (κ3) is 4.03. The lowest BCUT2D eigenvalue weighted by atomic mass is 10.0. The van der Waals surface area contributed by atoms with Crippen LogP contribution in [0.4, 0.5) is 5.69 Å². The van der Waals surface area contributed by atoms with Crippen LogP contribution in [0.1, 0.15) is 21.5 Å². The summed E-state index contributed by atoms with van der Waals surface area (Å²) in [5.41, 5.74) is 3.45. The van der Waals surface area contributed by atoms with Gasteiger partial charge in [-0.1, -0.05) is 48.5 Å². The fourth-order valence-corrected chi connectivity index (χ4v) is 2.79. The first-order valence-corrected chi connectivity index (χ1v) is 8.36. The summed E-state index contributed by atoms with van der Waals surface area (Å²) in [4.78, 5) is 12.8. The van der Waals surface area contributed by atoms with Gasteiger partial charge in [0.25, 0.3) is 5.91 Å². The molecule has 0 spiro atoms. The molecule has 0 aliphatic heterocycles. The van der Waals surface area contributed by atoms with Gasteiger partial charge in [0.05, 0.1) is 19.8 Å². The Morgan fingerprint density at radius 3 is 2.35 bits per heavy atom. The Morgan fingerprint density at radius 2 is 1.62 bits per heavy atom. The highest BCUT2D eigenvalue weighted by molar-refractivity contribution is 6.06. The van der Waals surface area contributed by atoms with Crippen molar-refractivity contribution >= 4 is 11.6 Å². The number of ether oxygens (including phenoxy) is 2. The quantitative estimate of drug-likeness (QED) is 0.712. The van der Waals surface area contributed by atoms with Crippen LogP contribution < -0.4 is 14.8 Å². The molecule has 0 saturated heterocycles. The second-order valence-electron chi connectivity index (χ2n) is 5.84. The van der Waals surface area contributed by atoms with Crippen molar-refractivity contribution in [1.82, 2.24) is 0 Å². The van der Waals surface area contributed by atoms with E-state index in [0.29, 0.717) is 17.1 Å². The maximum Gasteiger partial charge on any atom is 0.259 e. The van der Waals surface area contributed by atoms with Gasteiger partial charge in [0.2, 0.25) is 0 Å². The van der Waals surface area contributed by atoms with Crippen molar-refractivity contribution in [3.63, 3.8) is 0 Å². The summed E-state index contributed by atoms with van der Waals surface area (Å²) in [6.07, 6.45) is 0.743. The monoisotopic (exact) mass is 347 g/mol. The van der Waals surface area contributed by atoms with Crippen LogP contribution in [-0.2, 0) is 6.42 Å². The van der Waals surface area contributed by atoms with Crippen molar-refractivity contribution < 1.29 is 14.3 Å². The van der Waals surface area contributed by atoms with Crippen LogP contribution in [0.15, 0.2) is 72.8 Å². The minimum absolute atomic E-state index is 0.235. The Morgan fingerprint density at radius 1 is 0.885 bits per heavy atom. The van der Waals surface area contributed by atoms with E-state index in [2.05, 4.69) is 17.4 Å². The van der Waals surface area contributed by atoms with Gasteiger partial charge in [0, 0.05) is 5.69 Å². The molecular formula is C22H21NO3. The molecule has 0 aliphatic carbocycles. The molecule has 0 atom stereocenters. The first-order valence-electron chi connectivity index (χ1n) is 8.36. The summed E-state index contributed by atoms with van der Waals surface area (Å²) in [5.74, 6) is 0.874. The van der Waals surface area contributed by atoms with Gasteiger partial charge in [-0.15, -0.1) is 0 Å². The van der Waals surface area contributed by atoms with E-state index in [4.69, 9.17) is 9.47 Å². The number of anilines is 1. The zero-order valence-electron chi connectivity index (χ0n) is 14.9. The molecule has 0 fully saturated rings. The molecular weight excluding hydrogens is 326 g/mol.